The lowest BCUT2D eigenvalue weighted by Crippen LogP contribution is -2.34. The Hall–Kier alpha value is -0.800. The van der Waals surface area contributed by atoms with Gasteiger partial charge in [-0.05, 0) is 61.1 Å². The molecule has 3 rings (SSSR count). The van der Waals surface area contributed by atoms with E-state index < -0.39 is 0 Å². The highest BCUT2D eigenvalue weighted by Crippen LogP contribution is 2.39. The van der Waals surface area contributed by atoms with Gasteiger partial charge in [0, 0.05) is 20.7 Å². The van der Waals surface area contributed by atoms with Gasteiger partial charge in [-0.3, -0.25) is 0 Å². The van der Waals surface area contributed by atoms with E-state index in [1.807, 2.05) is 0 Å². The van der Waals surface area contributed by atoms with Crippen LogP contribution in [0.3, 0.4) is 0 Å². The maximum Gasteiger partial charge on any atom is 0.0383 e. The number of rotatable bonds is 3. The Kier molecular flexibility index (Phi) is 4.18. The van der Waals surface area contributed by atoms with E-state index in [4.69, 9.17) is 0 Å². The summed E-state index contributed by atoms with van der Waals surface area (Å²) in [7, 11) is 0. The molecule has 1 nitrogen and oxygen atoms in total. The summed E-state index contributed by atoms with van der Waals surface area (Å²) in [6.45, 7) is 2.15. The van der Waals surface area contributed by atoms with E-state index in [-0.39, 0.29) is 0 Å². The standard InChI is InChI=1S/C17H17Br2N/c1-11-2-5-15(19)10-17(11)20-16-8-13(9-16)12-3-6-14(18)7-4-12/h2-7,10,13,16,20H,8-9H2,1H3. The van der Waals surface area contributed by atoms with E-state index in [1.165, 1.54) is 29.7 Å². The van der Waals surface area contributed by atoms with Crippen molar-refractivity contribution in [3.8, 4) is 0 Å². The van der Waals surface area contributed by atoms with Gasteiger partial charge >= 0.3 is 0 Å². The molecule has 0 heterocycles. The molecule has 1 aliphatic rings. The van der Waals surface area contributed by atoms with Crippen LogP contribution in [0.4, 0.5) is 5.69 Å². The van der Waals surface area contributed by atoms with Gasteiger partial charge in [0.1, 0.15) is 0 Å². The van der Waals surface area contributed by atoms with Gasteiger partial charge in [0.2, 0.25) is 0 Å². The van der Waals surface area contributed by atoms with Crippen LogP contribution in [0.5, 0.6) is 0 Å². The van der Waals surface area contributed by atoms with Crippen LogP contribution in [0.1, 0.15) is 29.9 Å². The van der Waals surface area contributed by atoms with Gasteiger partial charge in [0.05, 0.1) is 0 Å². The van der Waals surface area contributed by atoms with Gasteiger partial charge in [-0.2, -0.15) is 0 Å². The number of nitrogens with one attached hydrogen (secondary N) is 1. The summed E-state index contributed by atoms with van der Waals surface area (Å²) < 4.78 is 2.29. The minimum Gasteiger partial charge on any atom is -0.382 e. The molecule has 0 bridgehead atoms. The molecule has 0 aliphatic heterocycles. The quantitative estimate of drug-likeness (QED) is 0.685. The third kappa shape index (κ3) is 3.09. The summed E-state index contributed by atoms with van der Waals surface area (Å²) in [5.41, 5.74) is 4.01. The first-order valence-corrected chi connectivity index (χ1v) is 8.48. The lowest BCUT2D eigenvalue weighted by Gasteiger charge is -2.37. The maximum absolute atomic E-state index is 3.66. The van der Waals surface area contributed by atoms with E-state index in [9.17, 15) is 0 Å². The van der Waals surface area contributed by atoms with Gasteiger partial charge in [0.25, 0.3) is 0 Å². The molecule has 1 N–H and O–H groups in total. The second-order valence-electron chi connectivity index (χ2n) is 5.52. The molecular weight excluding hydrogens is 378 g/mol. The van der Waals surface area contributed by atoms with Crippen molar-refractivity contribution in [2.24, 2.45) is 0 Å². The molecule has 1 aliphatic carbocycles. The van der Waals surface area contributed by atoms with Crippen LogP contribution < -0.4 is 5.32 Å². The average Bonchev–Trinajstić information content (AvgIpc) is 2.39. The molecule has 3 heteroatoms. The molecule has 1 fully saturated rings. The van der Waals surface area contributed by atoms with Crippen LogP contribution >= 0.6 is 31.9 Å². The molecule has 0 radical (unpaired) electrons. The summed E-state index contributed by atoms with van der Waals surface area (Å²) in [4.78, 5) is 0. The van der Waals surface area contributed by atoms with Crippen molar-refractivity contribution in [2.75, 3.05) is 5.32 Å². The van der Waals surface area contributed by atoms with E-state index >= 15 is 0 Å². The highest BCUT2D eigenvalue weighted by Gasteiger charge is 2.30. The number of halogens is 2. The number of hydrogen-bond donors (Lipinski definition) is 1. The van der Waals surface area contributed by atoms with E-state index in [1.54, 1.807) is 0 Å². The smallest absolute Gasteiger partial charge is 0.0383 e. The van der Waals surface area contributed by atoms with Gasteiger partial charge in [-0.15, -0.1) is 0 Å². The van der Waals surface area contributed by atoms with Crippen LogP contribution in [0.25, 0.3) is 0 Å². The summed E-state index contributed by atoms with van der Waals surface area (Å²) in [6, 6.07) is 15.7. The van der Waals surface area contributed by atoms with E-state index in [0.717, 1.165) is 8.95 Å². The molecule has 0 atom stereocenters. The first-order valence-electron chi connectivity index (χ1n) is 6.90. The lowest BCUT2D eigenvalue weighted by atomic mass is 9.76. The van der Waals surface area contributed by atoms with Crippen molar-refractivity contribution in [1.29, 1.82) is 0 Å². The van der Waals surface area contributed by atoms with Crippen LogP contribution in [0, 0.1) is 6.92 Å². The Morgan fingerprint density at radius 2 is 1.60 bits per heavy atom. The van der Waals surface area contributed by atoms with Gasteiger partial charge in [-0.1, -0.05) is 50.1 Å². The third-order valence-corrected chi connectivity index (χ3v) is 5.06. The molecule has 0 amide bonds. The molecule has 2 aromatic rings. The van der Waals surface area contributed by atoms with Gasteiger partial charge in [-0.25, -0.2) is 0 Å². The first kappa shape index (κ1) is 14.2. The molecule has 0 unspecified atom stereocenters. The number of aryl methyl sites for hydroxylation is 1. The first-order chi connectivity index (χ1) is 9.61. The van der Waals surface area contributed by atoms with Crippen LogP contribution in [-0.2, 0) is 0 Å². The summed E-state index contributed by atoms with van der Waals surface area (Å²) >= 11 is 7.03. The van der Waals surface area contributed by atoms with Crippen molar-refractivity contribution < 1.29 is 0 Å². The largest absolute Gasteiger partial charge is 0.382 e. The molecular formula is C17H17Br2N. The second kappa shape index (κ2) is 5.90. The molecule has 2 aromatic carbocycles. The minimum atomic E-state index is 0.594. The molecule has 104 valence electrons. The van der Waals surface area contributed by atoms with E-state index in [0.29, 0.717) is 12.0 Å². The Labute approximate surface area is 137 Å². The average molecular weight is 395 g/mol. The molecule has 0 aromatic heterocycles. The second-order valence-corrected chi connectivity index (χ2v) is 7.35. The van der Waals surface area contributed by atoms with Crippen molar-refractivity contribution in [2.45, 2.75) is 31.7 Å². The van der Waals surface area contributed by atoms with Crippen LogP contribution in [-0.4, -0.2) is 6.04 Å². The summed E-state index contributed by atoms with van der Waals surface area (Å²) in [5, 5.41) is 3.66. The topological polar surface area (TPSA) is 12.0 Å². The monoisotopic (exact) mass is 393 g/mol. The van der Waals surface area contributed by atoms with Crippen LogP contribution in [0.2, 0.25) is 0 Å². The molecule has 0 spiro atoms. The van der Waals surface area contributed by atoms with Crippen molar-refractivity contribution >= 4 is 37.5 Å². The fourth-order valence-corrected chi connectivity index (χ4v) is 3.34. The number of hydrogen-bond acceptors (Lipinski definition) is 1. The van der Waals surface area contributed by atoms with Crippen molar-refractivity contribution in [3.63, 3.8) is 0 Å². The van der Waals surface area contributed by atoms with Crippen molar-refractivity contribution in [3.05, 3.63) is 62.5 Å². The summed E-state index contributed by atoms with van der Waals surface area (Å²) in [5.74, 6) is 0.702. The Balaban J connectivity index is 1.60. The highest BCUT2D eigenvalue weighted by molar-refractivity contribution is 9.10. The fourth-order valence-electron chi connectivity index (χ4n) is 2.71. The molecule has 1 saturated carbocycles. The zero-order chi connectivity index (χ0) is 14.1. The fraction of sp³-hybridized carbons (Fsp3) is 0.294. The number of anilines is 1. The summed E-state index contributed by atoms with van der Waals surface area (Å²) in [6.07, 6.45) is 2.43. The van der Waals surface area contributed by atoms with Crippen molar-refractivity contribution in [1.82, 2.24) is 0 Å². The Morgan fingerprint density at radius 1 is 0.950 bits per heavy atom. The predicted octanol–water partition coefficient (Wildman–Crippen LogP) is 5.88. The molecule has 20 heavy (non-hydrogen) atoms. The maximum atomic E-state index is 3.66. The Morgan fingerprint density at radius 3 is 2.30 bits per heavy atom. The van der Waals surface area contributed by atoms with E-state index in [2.05, 4.69) is 86.6 Å². The van der Waals surface area contributed by atoms with Crippen LogP contribution in [0.15, 0.2) is 51.4 Å². The van der Waals surface area contributed by atoms with Gasteiger partial charge < -0.3 is 5.32 Å². The lowest BCUT2D eigenvalue weighted by molar-refractivity contribution is 0.374. The Bertz CT molecular complexity index is 601. The normalized spacial score (nSPS) is 21.4. The predicted molar refractivity (Wildman–Crippen MR) is 92.4 cm³/mol. The number of benzene rings is 2. The highest BCUT2D eigenvalue weighted by atomic mass is 79.9. The zero-order valence-electron chi connectivity index (χ0n) is 11.4. The SMILES string of the molecule is Cc1ccc(Br)cc1NC1CC(c2ccc(Br)cc2)C1. The third-order valence-electron chi connectivity index (χ3n) is 4.04. The zero-order valence-corrected chi connectivity index (χ0v) is 14.5. The molecule has 0 saturated heterocycles. The van der Waals surface area contributed by atoms with Gasteiger partial charge in [0.15, 0.2) is 0 Å². The minimum absolute atomic E-state index is 0.594.